The second kappa shape index (κ2) is 8.87. The van der Waals surface area contributed by atoms with Crippen molar-refractivity contribution < 1.29 is 10.5 Å². The zero-order chi connectivity index (χ0) is 5.58. The van der Waals surface area contributed by atoms with Crippen molar-refractivity contribution >= 4 is 0 Å². The molecule has 0 aromatic heterocycles. The molecule has 0 aromatic carbocycles. The normalized spacial score (nSPS) is 7.00. The van der Waals surface area contributed by atoms with Gasteiger partial charge in [-0.2, -0.15) is 0 Å². The van der Waals surface area contributed by atoms with Crippen LogP contribution in [-0.4, -0.2) is 10.5 Å². The van der Waals surface area contributed by atoms with E-state index in [4.69, 9.17) is 10.5 Å². The van der Waals surface area contributed by atoms with Gasteiger partial charge in [0.05, 0.1) is 0 Å². The lowest BCUT2D eigenvalue weighted by Gasteiger charge is -1.79. The lowest BCUT2D eigenvalue weighted by atomic mass is 10.3. The van der Waals surface area contributed by atoms with Gasteiger partial charge >= 0.3 is 0 Å². The monoisotopic (exact) mass is 92.1 g/mol. The summed E-state index contributed by atoms with van der Waals surface area (Å²) in [5, 5.41) is 12.0. The third-order valence-electron chi connectivity index (χ3n) is 0. The van der Waals surface area contributed by atoms with E-state index in [-0.39, 0.29) is 0 Å². The third-order valence-corrected chi connectivity index (χ3v) is 0. The van der Waals surface area contributed by atoms with Crippen LogP contribution >= 0.6 is 0 Å². The summed E-state index contributed by atoms with van der Waals surface area (Å²) in [6.45, 7) is 6.50. The van der Waals surface area contributed by atoms with E-state index in [1.54, 1.807) is 0 Å². The molecule has 0 rings (SSSR count). The van der Waals surface area contributed by atoms with E-state index in [1.165, 1.54) is 0 Å². The van der Waals surface area contributed by atoms with Crippen LogP contribution in [0.4, 0.5) is 0 Å². The Bertz CT molecular complexity index is 10.3. The van der Waals surface area contributed by atoms with Gasteiger partial charge in [0.15, 0.2) is 0 Å². The minimum absolute atomic E-state index is 0.833. The van der Waals surface area contributed by atoms with Gasteiger partial charge in [-0.25, -0.2) is 0 Å². The number of hydrogen-bond acceptors (Lipinski definition) is 2. The van der Waals surface area contributed by atoms with Crippen molar-refractivity contribution in [3.63, 3.8) is 0 Å². The molecule has 0 radical (unpaired) electrons. The van der Waals surface area contributed by atoms with Gasteiger partial charge < -0.3 is 0 Å². The summed E-state index contributed by atoms with van der Waals surface area (Å²) in [6.07, 6.45) is 0. The van der Waals surface area contributed by atoms with Crippen molar-refractivity contribution in [1.82, 2.24) is 0 Å². The van der Waals surface area contributed by atoms with E-state index in [9.17, 15) is 0 Å². The van der Waals surface area contributed by atoms with Crippen LogP contribution in [0.1, 0.15) is 20.8 Å². The fourth-order valence-electron chi connectivity index (χ4n) is 0. The van der Waals surface area contributed by atoms with E-state index < -0.39 is 0 Å². The summed E-state index contributed by atoms with van der Waals surface area (Å²) in [5.41, 5.74) is 0. The quantitative estimate of drug-likeness (QED) is 0.352. The largest absolute Gasteiger partial charge is 0.255 e. The van der Waals surface area contributed by atoms with Gasteiger partial charge in [0, 0.05) is 0 Å². The first-order chi connectivity index (χ1) is 2.73. The molecule has 0 fully saturated rings. The fraction of sp³-hybridized carbons (Fsp3) is 1.00. The zero-order valence-electron chi connectivity index (χ0n) is 4.47. The standard InChI is InChI=1S/C4H10.H2O2/c1-4(2)3;1-2/h4H,1-3H3;1-2H. The zero-order valence-corrected chi connectivity index (χ0v) is 4.47. The van der Waals surface area contributed by atoms with E-state index in [0.717, 1.165) is 5.92 Å². The molecule has 2 N–H and O–H groups in total. The maximum atomic E-state index is 6.00. The molecule has 2 heteroatoms. The highest BCUT2D eigenvalue weighted by Crippen LogP contribution is 1.81. The van der Waals surface area contributed by atoms with Gasteiger partial charge in [-0.1, -0.05) is 20.8 Å². The summed E-state index contributed by atoms with van der Waals surface area (Å²) in [7, 11) is 0. The Hall–Kier alpha value is -0.0800. The minimum Gasteiger partial charge on any atom is -0.255 e. The average molecular weight is 92.1 g/mol. The molecule has 0 aromatic rings. The number of rotatable bonds is 0. The fourth-order valence-corrected chi connectivity index (χ4v) is 0. The molecular weight excluding hydrogens is 80.0 g/mol. The Labute approximate surface area is 38.4 Å². The maximum Gasteiger partial charge on any atom is -0.0500 e. The van der Waals surface area contributed by atoms with Crippen LogP contribution in [0.15, 0.2) is 0 Å². The predicted octanol–water partition coefficient (Wildman–Crippen LogP) is 1.68. The molecule has 0 spiro atoms. The first-order valence-corrected chi connectivity index (χ1v) is 1.93. The van der Waals surface area contributed by atoms with Crippen molar-refractivity contribution in [2.75, 3.05) is 0 Å². The minimum atomic E-state index is 0.833. The lowest BCUT2D eigenvalue weighted by molar-refractivity contribution is -0.176. The molecule has 0 bridgehead atoms. The van der Waals surface area contributed by atoms with Gasteiger partial charge in [0.2, 0.25) is 0 Å². The predicted molar refractivity (Wildman–Crippen MR) is 25.8 cm³/mol. The molecule has 0 aliphatic heterocycles. The smallest absolute Gasteiger partial charge is 0.0500 e. The molecule has 0 atom stereocenters. The van der Waals surface area contributed by atoms with E-state index in [1.807, 2.05) is 0 Å². The van der Waals surface area contributed by atoms with Gasteiger partial charge in [0.25, 0.3) is 0 Å². The van der Waals surface area contributed by atoms with Crippen LogP contribution < -0.4 is 0 Å². The van der Waals surface area contributed by atoms with Crippen molar-refractivity contribution in [3.05, 3.63) is 0 Å². The van der Waals surface area contributed by atoms with Crippen LogP contribution in [0, 0.1) is 5.92 Å². The van der Waals surface area contributed by atoms with Crippen molar-refractivity contribution in [1.29, 1.82) is 0 Å². The molecule has 0 saturated heterocycles. The summed E-state index contributed by atoms with van der Waals surface area (Å²) in [5.74, 6) is 0.833. The number of hydrogen-bond donors (Lipinski definition) is 2. The molecule has 0 heterocycles. The van der Waals surface area contributed by atoms with Crippen molar-refractivity contribution in [2.45, 2.75) is 20.8 Å². The van der Waals surface area contributed by atoms with Crippen LogP contribution in [-0.2, 0) is 0 Å². The molecule has 0 saturated carbocycles. The maximum absolute atomic E-state index is 6.00. The molecule has 40 valence electrons. The van der Waals surface area contributed by atoms with Crippen LogP contribution in [0.2, 0.25) is 0 Å². The van der Waals surface area contributed by atoms with Crippen molar-refractivity contribution in [3.8, 4) is 0 Å². The van der Waals surface area contributed by atoms with Gasteiger partial charge in [-0.15, -0.1) is 0 Å². The van der Waals surface area contributed by atoms with Gasteiger partial charge in [0.1, 0.15) is 0 Å². The summed E-state index contributed by atoms with van der Waals surface area (Å²) in [6, 6.07) is 0. The molecule has 0 unspecified atom stereocenters. The van der Waals surface area contributed by atoms with E-state index in [2.05, 4.69) is 20.8 Å². The second-order valence-electron chi connectivity index (χ2n) is 1.73. The van der Waals surface area contributed by atoms with Crippen LogP contribution in [0.5, 0.6) is 0 Å². The Morgan fingerprint density at radius 3 is 1.00 bits per heavy atom. The Balaban J connectivity index is 0. The third kappa shape index (κ3) is 5220. The highest BCUT2D eigenvalue weighted by molar-refractivity contribution is 4.20. The van der Waals surface area contributed by atoms with Crippen molar-refractivity contribution in [2.24, 2.45) is 5.92 Å². The summed E-state index contributed by atoms with van der Waals surface area (Å²) >= 11 is 0. The summed E-state index contributed by atoms with van der Waals surface area (Å²) in [4.78, 5) is 0. The van der Waals surface area contributed by atoms with Gasteiger partial charge in [-0.05, 0) is 5.92 Å². The second-order valence-corrected chi connectivity index (χ2v) is 1.73. The molecule has 6 heavy (non-hydrogen) atoms. The Morgan fingerprint density at radius 1 is 1.00 bits per heavy atom. The highest BCUT2D eigenvalue weighted by Gasteiger charge is 1.68. The highest BCUT2D eigenvalue weighted by atomic mass is 17.0. The topological polar surface area (TPSA) is 40.5 Å². The van der Waals surface area contributed by atoms with E-state index in [0.29, 0.717) is 0 Å². The first-order valence-electron chi connectivity index (χ1n) is 1.93. The van der Waals surface area contributed by atoms with E-state index >= 15 is 0 Å². The van der Waals surface area contributed by atoms with Crippen LogP contribution in [0.3, 0.4) is 0 Å². The molecule has 0 aliphatic rings. The first kappa shape index (κ1) is 9.33. The Kier molecular flexibility index (Phi) is 13.8. The lowest BCUT2D eigenvalue weighted by Crippen LogP contribution is -1.66. The SMILES string of the molecule is CC(C)C.OO. The molecular formula is C4H12O2. The summed E-state index contributed by atoms with van der Waals surface area (Å²) < 4.78 is 0. The van der Waals surface area contributed by atoms with Crippen LogP contribution in [0.25, 0.3) is 0 Å². The molecule has 0 amide bonds. The molecule has 2 nitrogen and oxygen atoms in total. The molecule has 0 aliphatic carbocycles. The average Bonchev–Trinajstić information content (AvgIpc) is 1.41. The Morgan fingerprint density at radius 2 is 1.00 bits per heavy atom. The van der Waals surface area contributed by atoms with Gasteiger partial charge in [-0.3, -0.25) is 10.5 Å².